The van der Waals surface area contributed by atoms with E-state index in [0.29, 0.717) is 23.5 Å². The number of aromatic nitrogens is 4. The largest absolute Gasteiger partial charge is 0.479 e. The average molecular weight is 572 g/mol. The van der Waals surface area contributed by atoms with Gasteiger partial charge in [-0.2, -0.15) is 9.97 Å². The summed E-state index contributed by atoms with van der Waals surface area (Å²) in [5.41, 5.74) is 1.96. The fraction of sp³-hybridized carbons (Fsp3) is 0.400. The van der Waals surface area contributed by atoms with Crippen LogP contribution in [0, 0.1) is 3.57 Å². The predicted molar refractivity (Wildman–Crippen MR) is 122 cm³/mol. The molecule has 5 rings (SSSR count). The zero-order valence-corrected chi connectivity index (χ0v) is 19.9. The topological polar surface area (TPSA) is 121 Å². The maximum absolute atomic E-state index is 11.7. The highest BCUT2D eigenvalue weighted by Crippen LogP contribution is 2.44. The van der Waals surface area contributed by atoms with E-state index in [1.807, 2.05) is 18.2 Å². The molecule has 3 aromatic rings. The van der Waals surface area contributed by atoms with Crippen LogP contribution in [0.1, 0.15) is 25.6 Å². The number of nitrogens with zero attached hydrogens (tertiary/aromatic N) is 4. The number of carbonyl (C=O) groups is 1. The molecule has 0 saturated carbocycles. The molecule has 32 heavy (non-hydrogen) atoms. The molecule has 2 aliphatic heterocycles. The molecule has 2 aromatic heterocycles. The number of aliphatic carboxylic acids is 1. The molecule has 168 valence electrons. The zero-order valence-electron chi connectivity index (χ0n) is 17.0. The van der Waals surface area contributed by atoms with Crippen molar-refractivity contribution in [2.75, 3.05) is 5.32 Å². The second kappa shape index (κ2) is 8.06. The number of rotatable bonds is 5. The van der Waals surface area contributed by atoms with E-state index in [0.717, 1.165) is 9.13 Å². The lowest BCUT2D eigenvalue weighted by atomic mass is 10.1. The number of anilines is 1. The van der Waals surface area contributed by atoms with Gasteiger partial charge in [-0.25, -0.2) is 9.78 Å². The van der Waals surface area contributed by atoms with Gasteiger partial charge in [0.1, 0.15) is 12.2 Å². The summed E-state index contributed by atoms with van der Waals surface area (Å²) in [7, 11) is 0. The second-order valence-corrected chi connectivity index (χ2v) is 9.58. The molecule has 1 aromatic carbocycles. The summed E-state index contributed by atoms with van der Waals surface area (Å²) in [6, 6.07) is 8.06. The van der Waals surface area contributed by atoms with Crippen molar-refractivity contribution in [3.8, 4) is 0 Å². The number of ether oxygens (including phenoxy) is 3. The summed E-state index contributed by atoms with van der Waals surface area (Å²) < 4.78 is 20.3. The van der Waals surface area contributed by atoms with Gasteiger partial charge in [-0.05, 0) is 65.7 Å². The first-order valence-corrected chi connectivity index (χ1v) is 11.3. The Morgan fingerprint density at radius 1 is 1.31 bits per heavy atom. The van der Waals surface area contributed by atoms with Crippen LogP contribution in [0.2, 0.25) is 5.28 Å². The number of benzene rings is 1. The smallest absolute Gasteiger partial charge is 0.335 e. The molecule has 2 saturated heterocycles. The van der Waals surface area contributed by atoms with E-state index in [9.17, 15) is 9.90 Å². The van der Waals surface area contributed by atoms with Crippen LogP contribution in [0.3, 0.4) is 0 Å². The van der Waals surface area contributed by atoms with E-state index in [1.165, 1.54) is 6.33 Å². The fourth-order valence-corrected chi connectivity index (χ4v) is 4.80. The van der Waals surface area contributed by atoms with Crippen LogP contribution in [-0.2, 0) is 25.5 Å². The first-order chi connectivity index (χ1) is 15.2. The van der Waals surface area contributed by atoms with E-state index < -0.39 is 36.3 Å². The number of fused-ring (bicyclic) bond motifs is 2. The lowest BCUT2D eigenvalue weighted by molar-refractivity contribution is -0.202. The van der Waals surface area contributed by atoms with Gasteiger partial charge in [-0.3, -0.25) is 4.57 Å². The molecule has 4 atom stereocenters. The molecule has 0 bridgehead atoms. The highest BCUT2D eigenvalue weighted by molar-refractivity contribution is 14.1. The van der Waals surface area contributed by atoms with Crippen molar-refractivity contribution in [1.82, 2.24) is 19.5 Å². The quantitative estimate of drug-likeness (QED) is 0.351. The van der Waals surface area contributed by atoms with Gasteiger partial charge < -0.3 is 24.6 Å². The fourth-order valence-electron chi connectivity index (χ4n) is 4.03. The lowest BCUT2D eigenvalue weighted by Gasteiger charge is -2.23. The normalized spacial score (nSPS) is 26.4. The Balaban J connectivity index is 1.49. The van der Waals surface area contributed by atoms with Crippen LogP contribution in [0.4, 0.5) is 5.82 Å². The summed E-state index contributed by atoms with van der Waals surface area (Å²) >= 11 is 8.46. The third-order valence-electron chi connectivity index (χ3n) is 5.29. The Morgan fingerprint density at radius 2 is 2.09 bits per heavy atom. The molecule has 0 spiro atoms. The highest BCUT2D eigenvalue weighted by atomic mass is 127. The summed E-state index contributed by atoms with van der Waals surface area (Å²) in [5.74, 6) is -1.60. The van der Waals surface area contributed by atoms with Crippen molar-refractivity contribution in [3.05, 3.63) is 45.0 Å². The molecule has 10 nitrogen and oxygen atoms in total. The number of hydrogen-bond acceptors (Lipinski definition) is 8. The Kier molecular flexibility index (Phi) is 5.48. The first-order valence-electron chi connectivity index (χ1n) is 9.84. The minimum absolute atomic E-state index is 0.0256. The number of imidazole rings is 1. The van der Waals surface area contributed by atoms with E-state index in [1.54, 1.807) is 18.4 Å². The van der Waals surface area contributed by atoms with Crippen molar-refractivity contribution in [3.63, 3.8) is 0 Å². The maximum Gasteiger partial charge on any atom is 0.335 e. The van der Waals surface area contributed by atoms with E-state index in [4.69, 9.17) is 25.8 Å². The average Bonchev–Trinajstić information content (AvgIpc) is 3.36. The molecule has 4 heterocycles. The Labute approximate surface area is 201 Å². The molecule has 4 unspecified atom stereocenters. The molecule has 0 aliphatic carbocycles. The molecule has 12 heteroatoms. The van der Waals surface area contributed by atoms with Crippen molar-refractivity contribution in [1.29, 1.82) is 0 Å². The number of hydrogen-bond donors (Lipinski definition) is 2. The molecular formula is C20H19ClIN5O5. The minimum atomic E-state index is -1.18. The number of nitrogens with one attached hydrogen (secondary N) is 1. The molecule has 0 radical (unpaired) electrons. The van der Waals surface area contributed by atoms with Crippen LogP contribution < -0.4 is 5.32 Å². The van der Waals surface area contributed by atoms with Gasteiger partial charge in [0.25, 0.3) is 0 Å². The Bertz CT molecular complexity index is 1200. The third-order valence-corrected chi connectivity index (χ3v) is 6.13. The monoisotopic (exact) mass is 571 g/mol. The van der Waals surface area contributed by atoms with Gasteiger partial charge in [-0.15, -0.1) is 0 Å². The van der Waals surface area contributed by atoms with Crippen LogP contribution in [0.15, 0.2) is 30.6 Å². The molecule has 2 fully saturated rings. The van der Waals surface area contributed by atoms with Gasteiger partial charge in [0, 0.05) is 10.1 Å². The van der Waals surface area contributed by atoms with Crippen LogP contribution in [0.5, 0.6) is 0 Å². The van der Waals surface area contributed by atoms with E-state index in [-0.39, 0.29) is 5.28 Å². The van der Waals surface area contributed by atoms with Crippen LogP contribution in [-0.4, -0.2) is 54.7 Å². The zero-order chi connectivity index (χ0) is 22.6. The Hall–Kier alpha value is -2.06. The van der Waals surface area contributed by atoms with E-state index in [2.05, 4.69) is 48.9 Å². The summed E-state index contributed by atoms with van der Waals surface area (Å²) in [4.78, 5) is 24.8. The Morgan fingerprint density at radius 3 is 2.84 bits per heavy atom. The van der Waals surface area contributed by atoms with Gasteiger partial charge in [0.2, 0.25) is 5.28 Å². The van der Waals surface area contributed by atoms with Gasteiger partial charge >= 0.3 is 5.97 Å². The lowest BCUT2D eigenvalue weighted by Crippen LogP contribution is -2.35. The number of carboxylic acids is 1. The van der Waals surface area contributed by atoms with Gasteiger partial charge in [-0.1, -0.05) is 12.1 Å². The molecule has 2 aliphatic rings. The van der Waals surface area contributed by atoms with Crippen molar-refractivity contribution >= 4 is 57.1 Å². The van der Waals surface area contributed by atoms with Gasteiger partial charge in [0.15, 0.2) is 35.1 Å². The van der Waals surface area contributed by atoms with Crippen LogP contribution >= 0.6 is 34.2 Å². The highest BCUT2D eigenvalue weighted by Gasteiger charge is 2.58. The molecule has 0 amide bonds. The van der Waals surface area contributed by atoms with Crippen molar-refractivity contribution < 1.29 is 24.1 Å². The first kappa shape index (κ1) is 21.8. The summed E-state index contributed by atoms with van der Waals surface area (Å²) in [6.45, 7) is 3.99. The summed E-state index contributed by atoms with van der Waals surface area (Å²) in [5, 5.41) is 12.9. The standard InChI is InChI=1S/C20H19ClIN5O5/c1-20(2)31-12-13(32-20)17(30-14(12)18(28)29)27-8-24-11-15(25-19(21)26-16(11)27)23-7-9-4-3-5-10(22)6-9/h3-6,8,12-14,17H,7H2,1-2H3,(H,28,29)(H,23,25,26). The number of carboxylic acid groups (broad SMARTS) is 1. The van der Waals surface area contributed by atoms with Crippen molar-refractivity contribution in [2.24, 2.45) is 0 Å². The SMILES string of the molecule is CC1(C)OC2C(C(=O)O)OC(n3cnc4c(NCc5cccc(I)c5)nc(Cl)nc43)C2O1. The van der Waals surface area contributed by atoms with E-state index >= 15 is 0 Å². The second-order valence-electron chi connectivity index (χ2n) is 8.00. The predicted octanol–water partition coefficient (Wildman–Crippen LogP) is 3.20. The third kappa shape index (κ3) is 3.92. The maximum atomic E-state index is 11.7. The molecule has 2 N–H and O–H groups in total. The van der Waals surface area contributed by atoms with Crippen molar-refractivity contribution in [2.45, 2.75) is 50.7 Å². The molecular weight excluding hydrogens is 553 g/mol. The number of halogens is 2. The van der Waals surface area contributed by atoms with Crippen LogP contribution in [0.25, 0.3) is 11.2 Å². The van der Waals surface area contributed by atoms with Gasteiger partial charge in [0.05, 0.1) is 6.33 Å². The minimum Gasteiger partial charge on any atom is -0.479 e. The summed E-state index contributed by atoms with van der Waals surface area (Å²) in [6.07, 6.45) is -1.88.